The highest BCUT2D eigenvalue weighted by atomic mass is 16.5. The van der Waals surface area contributed by atoms with E-state index >= 15 is 0 Å². The van der Waals surface area contributed by atoms with E-state index in [-0.39, 0.29) is 0 Å². The lowest BCUT2D eigenvalue weighted by Gasteiger charge is -2.32. The van der Waals surface area contributed by atoms with Crippen LogP contribution in [0.25, 0.3) is 0 Å². The smallest absolute Gasteiger partial charge is 0.134 e. The molecule has 1 saturated heterocycles. The zero-order valence-corrected chi connectivity index (χ0v) is 11.4. The lowest BCUT2D eigenvalue weighted by Crippen LogP contribution is -2.37. The topological polar surface area (TPSA) is 50.3 Å². The van der Waals surface area contributed by atoms with Crippen LogP contribution >= 0.6 is 0 Å². The van der Waals surface area contributed by atoms with Gasteiger partial charge in [0.05, 0.1) is 0 Å². The van der Waals surface area contributed by atoms with E-state index in [1.165, 1.54) is 0 Å². The van der Waals surface area contributed by atoms with Crippen LogP contribution in [0.3, 0.4) is 0 Å². The molecule has 1 fully saturated rings. The fourth-order valence-electron chi connectivity index (χ4n) is 2.26. The van der Waals surface area contributed by atoms with Gasteiger partial charge in [0.15, 0.2) is 0 Å². The van der Waals surface area contributed by atoms with Gasteiger partial charge >= 0.3 is 0 Å². The lowest BCUT2D eigenvalue weighted by molar-refractivity contribution is 0.0853. The normalized spacial score (nSPS) is 16.6. The Morgan fingerprint density at radius 3 is 2.78 bits per heavy atom. The van der Waals surface area contributed by atoms with Gasteiger partial charge in [0.2, 0.25) is 0 Å². The first kappa shape index (κ1) is 13.1. The van der Waals surface area contributed by atoms with E-state index in [0.717, 1.165) is 50.1 Å². The summed E-state index contributed by atoms with van der Waals surface area (Å²) in [4.78, 5) is 11.2. The highest BCUT2D eigenvalue weighted by Gasteiger charge is 2.20. The molecule has 2 heterocycles. The summed E-state index contributed by atoms with van der Waals surface area (Å²) in [5.41, 5.74) is 0. The third-order valence-corrected chi connectivity index (χ3v) is 3.28. The fourth-order valence-corrected chi connectivity index (χ4v) is 2.26. The van der Waals surface area contributed by atoms with Crippen molar-refractivity contribution in [1.82, 2.24) is 9.97 Å². The van der Waals surface area contributed by atoms with Crippen LogP contribution in [-0.4, -0.2) is 42.8 Å². The first-order valence-electron chi connectivity index (χ1n) is 6.61. The lowest BCUT2D eigenvalue weighted by atomic mass is 10.1. The van der Waals surface area contributed by atoms with E-state index < -0.39 is 0 Å². The maximum atomic E-state index is 5.40. The minimum atomic E-state index is 0.516. The minimum Gasteiger partial charge on any atom is -0.381 e. The number of rotatable bonds is 4. The first-order valence-corrected chi connectivity index (χ1v) is 6.61. The molecule has 0 atom stereocenters. The molecule has 0 saturated carbocycles. The predicted octanol–water partition coefficient (Wildman–Crippen LogP) is 1.83. The number of aromatic nitrogens is 2. The number of anilines is 2. The maximum Gasteiger partial charge on any atom is 0.134 e. The van der Waals surface area contributed by atoms with Crippen LogP contribution in [0, 0.1) is 6.92 Å². The summed E-state index contributed by atoms with van der Waals surface area (Å²) in [7, 11) is 2.10. The molecule has 18 heavy (non-hydrogen) atoms. The number of hydrogen-bond donors (Lipinski definition) is 1. The Balaban J connectivity index is 2.15. The molecule has 0 aromatic carbocycles. The Bertz CT molecular complexity index is 391. The number of hydrogen-bond acceptors (Lipinski definition) is 5. The summed E-state index contributed by atoms with van der Waals surface area (Å²) in [5.74, 6) is 2.70. The molecular formula is C13H22N4O. The molecule has 100 valence electrons. The second-order valence-electron chi connectivity index (χ2n) is 4.64. The number of nitrogens with zero attached hydrogens (tertiary/aromatic N) is 3. The van der Waals surface area contributed by atoms with Crippen molar-refractivity contribution in [2.24, 2.45) is 0 Å². The molecule has 5 nitrogen and oxygen atoms in total. The van der Waals surface area contributed by atoms with E-state index in [2.05, 4.69) is 34.2 Å². The van der Waals surface area contributed by atoms with Crippen LogP contribution in [-0.2, 0) is 4.74 Å². The molecule has 0 aliphatic carbocycles. The van der Waals surface area contributed by atoms with E-state index in [1.807, 2.05) is 13.0 Å². The van der Waals surface area contributed by atoms with Gasteiger partial charge in [0.1, 0.15) is 17.5 Å². The molecule has 1 aromatic heterocycles. The summed E-state index contributed by atoms with van der Waals surface area (Å²) in [6, 6.07) is 2.54. The van der Waals surface area contributed by atoms with Crippen molar-refractivity contribution < 1.29 is 4.74 Å². The van der Waals surface area contributed by atoms with Gasteiger partial charge in [-0.15, -0.1) is 0 Å². The van der Waals surface area contributed by atoms with E-state index in [4.69, 9.17) is 4.74 Å². The molecule has 1 aliphatic rings. The highest BCUT2D eigenvalue weighted by molar-refractivity contribution is 5.49. The van der Waals surface area contributed by atoms with E-state index in [9.17, 15) is 0 Å². The van der Waals surface area contributed by atoms with Crippen LogP contribution < -0.4 is 10.2 Å². The second kappa shape index (κ2) is 6.00. The van der Waals surface area contributed by atoms with Gasteiger partial charge in [-0.2, -0.15) is 0 Å². The minimum absolute atomic E-state index is 0.516. The van der Waals surface area contributed by atoms with E-state index in [0.29, 0.717) is 6.04 Å². The van der Waals surface area contributed by atoms with Crippen molar-refractivity contribution in [1.29, 1.82) is 0 Å². The Morgan fingerprint density at radius 1 is 1.39 bits per heavy atom. The molecule has 0 unspecified atom stereocenters. The average molecular weight is 250 g/mol. The number of aryl methyl sites for hydroxylation is 1. The average Bonchev–Trinajstić information content (AvgIpc) is 2.38. The van der Waals surface area contributed by atoms with Crippen LogP contribution in [0.5, 0.6) is 0 Å². The molecule has 0 radical (unpaired) electrons. The van der Waals surface area contributed by atoms with Gasteiger partial charge in [-0.1, -0.05) is 0 Å². The molecule has 5 heteroatoms. The van der Waals surface area contributed by atoms with Gasteiger partial charge in [-0.25, -0.2) is 9.97 Å². The molecule has 1 aliphatic heterocycles. The summed E-state index contributed by atoms with van der Waals surface area (Å²) < 4.78 is 5.40. The van der Waals surface area contributed by atoms with Gasteiger partial charge < -0.3 is 15.0 Å². The summed E-state index contributed by atoms with van der Waals surface area (Å²) in [5, 5.41) is 3.24. The van der Waals surface area contributed by atoms with Crippen LogP contribution in [0.2, 0.25) is 0 Å². The number of ether oxygens (including phenoxy) is 1. The van der Waals surface area contributed by atoms with Gasteiger partial charge in [-0.3, -0.25) is 0 Å². The maximum absolute atomic E-state index is 5.40. The second-order valence-corrected chi connectivity index (χ2v) is 4.64. The summed E-state index contributed by atoms with van der Waals surface area (Å²) >= 11 is 0. The molecule has 2 rings (SSSR count). The van der Waals surface area contributed by atoms with Gasteiger partial charge in [0, 0.05) is 38.9 Å². The predicted molar refractivity (Wildman–Crippen MR) is 73.2 cm³/mol. The standard InChI is InChI=1S/C13H22N4O/c1-4-14-12-9-13(16-10(2)15-12)17(3)11-5-7-18-8-6-11/h9,11H,4-8H2,1-3H3,(H,14,15,16). The monoisotopic (exact) mass is 250 g/mol. The Kier molecular flexibility index (Phi) is 4.36. The van der Waals surface area contributed by atoms with Crippen molar-refractivity contribution in [2.45, 2.75) is 32.7 Å². The first-order chi connectivity index (χ1) is 8.70. The van der Waals surface area contributed by atoms with Crippen molar-refractivity contribution in [2.75, 3.05) is 37.0 Å². The Labute approximate surface area is 109 Å². The van der Waals surface area contributed by atoms with Crippen molar-refractivity contribution in [3.8, 4) is 0 Å². The third kappa shape index (κ3) is 3.10. The molecule has 1 N–H and O–H groups in total. The molecular weight excluding hydrogens is 228 g/mol. The van der Waals surface area contributed by atoms with E-state index in [1.54, 1.807) is 0 Å². The highest BCUT2D eigenvalue weighted by Crippen LogP contribution is 2.21. The van der Waals surface area contributed by atoms with Crippen LogP contribution in [0.1, 0.15) is 25.6 Å². The van der Waals surface area contributed by atoms with Gasteiger partial charge in [0.25, 0.3) is 0 Å². The Morgan fingerprint density at radius 2 is 2.11 bits per heavy atom. The number of nitrogens with one attached hydrogen (secondary N) is 1. The van der Waals surface area contributed by atoms with Crippen molar-refractivity contribution >= 4 is 11.6 Å². The van der Waals surface area contributed by atoms with Crippen LogP contribution in [0.4, 0.5) is 11.6 Å². The summed E-state index contributed by atoms with van der Waals surface area (Å²) in [6.45, 7) is 6.57. The van der Waals surface area contributed by atoms with Crippen LogP contribution in [0.15, 0.2) is 6.07 Å². The zero-order chi connectivity index (χ0) is 13.0. The molecule has 0 bridgehead atoms. The largest absolute Gasteiger partial charge is 0.381 e. The molecule has 1 aromatic rings. The zero-order valence-electron chi connectivity index (χ0n) is 11.4. The SMILES string of the molecule is CCNc1cc(N(C)C2CCOCC2)nc(C)n1. The van der Waals surface area contributed by atoms with Crippen molar-refractivity contribution in [3.63, 3.8) is 0 Å². The molecule has 0 amide bonds. The van der Waals surface area contributed by atoms with Gasteiger partial charge in [-0.05, 0) is 26.7 Å². The molecule has 0 spiro atoms. The quantitative estimate of drug-likeness (QED) is 0.883. The third-order valence-electron chi connectivity index (χ3n) is 3.28. The van der Waals surface area contributed by atoms with Crippen molar-refractivity contribution in [3.05, 3.63) is 11.9 Å². The fraction of sp³-hybridized carbons (Fsp3) is 0.692. The Hall–Kier alpha value is -1.36. The summed E-state index contributed by atoms with van der Waals surface area (Å²) in [6.07, 6.45) is 2.13.